The highest BCUT2D eigenvalue weighted by molar-refractivity contribution is 5.02. The number of aromatic nitrogens is 2. The second-order valence-corrected chi connectivity index (χ2v) is 4.20. The summed E-state index contributed by atoms with van der Waals surface area (Å²) in [6.07, 6.45) is 9.61. The second-order valence-electron chi connectivity index (χ2n) is 4.20. The Morgan fingerprint density at radius 2 is 2.23 bits per heavy atom. The van der Waals surface area contributed by atoms with Gasteiger partial charge in [0.05, 0.1) is 0 Å². The molecular weight excluding hydrogens is 162 g/mol. The molecule has 1 heterocycles. The zero-order valence-electron chi connectivity index (χ0n) is 8.16. The molecule has 0 saturated heterocycles. The lowest BCUT2D eigenvalue weighted by molar-refractivity contribution is 0.421. The molecule has 0 atom stereocenters. The highest BCUT2D eigenvalue weighted by atomic mass is 15.0. The van der Waals surface area contributed by atoms with E-state index in [-0.39, 0.29) is 5.54 Å². The van der Waals surface area contributed by atoms with Gasteiger partial charge < -0.3 is 10.3 Å². The van der Waals surface area contributed by atoms with Crippen LogP contribution in [0.25, 0.3) is 0 Å². The molecule has 0 spiro atoms. The third-order valence-corrected chi connectivity index (χ3v) is 3.03. The zero-order chi connectivity index (χ0) is 9.31. The monoisotopic (exact) mass is 179 g/mol. The first-order valence-corrected chi connectivity index (χ1v) is 4.95. The van der Waals surface area contributed by atoms with E-state index >= 15 is 0 Å². The van der Waals surface area contributed by atoms with Gasteiger partial charge in [-0.1, -0.05) is 12.8 Å². The third-order valence-electron chi connectivity index (χ3n) is 3.03. The number of hydrogen-bond acceptors (Lipinski definition) is 2. The van der Waals surface area contributed by atoms with Gasteiger partial charge in [0.1, 0.15) is 5.82 Å². The molecule has 1 fully saturated rings. The number of hydrogen-bond donors (Lipinski definition) is 1. The van der Waals surface area contributed by atoms with Crippen molar-refractivity contribution in [3.8, 4) is 0 Å². The summed E-state index contributed by atoms with van der Waals surface area (Å²) in [5, 5.41) is 0. The van der Waals surface area contributed by atoms with Crippen molar-refractivity contribution in [1.29, 1.82) is 0 Å². The Morgan fingerprint density at radius 1 is 1.54 bits per heavy atom. The number of rotatable bonds is 2. The number of imidazole rings is 1. The third kappa shape index (κ3) is 1.75. The van der Waals surface area contributed by atoms with E-state index in [4.69, 9.17) is 5.73 Å². The van der Waals surface area contributed by atoms with Crippen LogP contribution in [0.15, 0.2) is 12.4 Å². The van der Waals surface area contributed by atoms with Gasteiger partial charge in [0.15, 0.2) is 0 Å². The van der Waals surface area contributed by atoms with Gasteiger partial charge in [0, 0.05) is 31.4 Å². The lowest BCUT2D eigenvalue weighted by Crippen LogP contribution is -2.39. The Hall–Kier alpha value is -0.830. The van der Waals surface area contributed by atoms with E-state index in [1.54, 1.807) is 0 Å². The van der Waals surface area contributed by atoms with Crippen molar-refractivity contribution in [3.05, 3.63) is 18.2 Å². The summed E-state index contributed by atoms with van der Waals surface area (Å²) < 4.78 is 2.06. The van der Waals surface area contributed by atoms with E-state index in [1.165, 1.54) is 12.8 Å². The minimum absolute atomic E-state index is 0.0269. The molecule has 1 aromatic heterocycles. The zero-order valence-corrected chi connectivity index (χ0v) is 8.16. The van der Waals surface area contributed by atoms with Crippen molar-refractivity contribution in [3.63, 3.8) is 0 Å². The van der Waals surface area contributed by atoms with Gasteiger partial charge in [-0.15, -0.1) is 0 Å². The quantitative estimate of drug-likeness (QED) is 0.742. The average Bonchev–Trinajstić information content (AvgIpc) is 2.64. The Labute approximate surface area is 79.0 Å². The van der Waals surface area contributed by atoms with Crippen LogP contribution in [0.5, 0.6) is 0 Å². The largest absolute Gasteiger partial charge is 0.338 e. The topological polar surface area (TPSA) is 43.8 Å². The molecule has 1 aliphatic rings. The van der Waals surface area contributed by atoms with E-state index in [0.29, 0.717) is 0 Å². The van der Waals surface area contributed by atoms with Gasteiger partial charge in [-0.05, 0) is 12.8 Å². The van der Waals surface area contributed by atoms with Crippen molar-refractivity contribution in [1.82, 2.24) is 9.55 Å². The van der Waals surface area contributed by atoms with Crippen LogP contribution in [0.2, 0.25) is 0 Å². The molecule has 2 N–H and O–H groups in total. The van der Waals surface area contributed by atoms with Gasteiger partial charge in [0.25, 0.3) is 0 Å². The van der Waals surface area contributed by atoms with Crippen LogP contribution >= 0.6 is 0 Å². The van der Waals surface area contributed by atoms with E-state index in [9.17, 15) is 0 Å². The average molecular weight is 179 g/mol. The standard InChI is InChI=1S/C10H17N3/c1-13-7-6-12-9(13)8-10(11)4-2-3-5-10/h6-7H,2-5,8,11H2,1H3. The van der Waals surface area contributed by atoms with E-state index in [2.05, 4.69) is 9.55 Å². The predicted molar refractivity (Wildman–Crippen MR) is 52.3 cm³/mol. The van der Waals surface area contributed by atoms with Crippen LogP contribution in [-0.2, 0) is 13.5 Å². The predicted octanol–water partition coefficient (Wildman–Crippen LogP) is 1.23. The van der Waals surface area contributed by atoms with Gasteiger partial charge >= 0.3 is 0 Å². The van der Waals surface area contributed by atoms with Gasteiger partial charge in [0.2, 0.25) is 0 Å². The van der Waals surface area contributed by atoms with Crippen LogP contribution in [0.3, 0.4) is 0 Å². The van der Waals surface area contributed by atoms with Crippen LogP contribution in [0.4, 0.5) is 0 Å². The first-order chi connectivity index (χ1) is 6.20. The molecule has 3 nitrogen and oxygen atoms in total. The van der Waals surface area contributed by atoms with Crippen molar-refractivity contribution in [2.24, 2.45) is 12.8 Å². The van der Waals surface area contributed by atoms with Crippen LogP contribution in [-0.4, -0.2) is 15.1 Å². The molecule has 0 aliphatic heterocycles. The van der Waals surface area contributed by atoms with Gasteiger partial charge in [-0.3, -0.25) is 0 Å². The van der Waals surface area contributed by atoms with Gasteiger partial charge in [-0.25, -0.2) is 4.98 Å². The molecule has 0 aromatic carbocycles. The molecule has 0 unspecified atom stereocenters. The second kappa shape index (κ2) is 3.14. The maximum Gasteiger partial charge on any atom is 0.110 e. The molecule has 1 aromatic rings. The molecular formula is C10H17N3. The number of aryl methyl sites for hydroxylation is 1. The minimum Gasteiger partial charge on any atom is -0.338 e. The lowest BCUT2D eigenvalue weighted by Gasteiger charge is -2.22. The minimum atomic E-state index is 0.0269. The molecule has 0 amide bonds. The summed E-state index contributed by atoms with van der Waals surface area (Å²) in [7, 11) is 2.03. The molecule has 0 bridgehead atoms. The maximum absolute atomic E-state index is 6.27. The molecule has 0 radical (unpaired) electrons. The van der Waals surface area contributed by atoms with E-state index < -0.39 is 0 Å². The fraction of sp³-hybridized carbons (Fsp3) is 0.700. The first-order valence-electron chi connectivity index (χ1n) is 4.95. The summed E-state index contributed by atoms with van der Waals surface area (Å²) in [6, 6.07) is 0. The van der Waals surface area contributed by atoms with Crippen LogP contribution < -0.4 is 5.73 Å². The summed E-state index contributed by atoms with van der Waals surface area (Å²) >= 11 is 0. The number of nitrogens with two attached hydrogens (primary N) is 1. The highest BCUT2D eigenvalue weighted by Gasteiger charge is 2.30. The highest BCUT2D eigenvalue weighted by Crippen LogP contribution is 2.29. The molecule has 3 heteroatoms. The summed E-state index contributed by atoms with van der Waals surface area (Å²) in [5.41, 5.74) is 6.29. The molecule has 2 rings (SSSR count). The first kappa shape index (κ1) is 8.75. The van der Waals surface area contributed by atoms with E-state index in [0.717, 1.165) is 25.1 Å². The van der Waals surface area contributed by atoms with Crippen molar-refractivity contribution >= 4 is 0 Å². The van der Waals surface area contributed by atoms with Crippen LogP contribution in [0.1, 0.15) is 31.5 Å². The molecule has 13 heavy (non-hydrogen) atoms. The SMILES string of the molecule is Cn1ccnc1CC1(N)CCCC1. The van der Waals surface area contributed by atoms with Crippen molar-refractivity contribution < 1.29 is 0 Å². The van der Waals surface area contributed by atoms with Crippen molar-refractivity contribution in [2.45, 2.75) is 37.6 Å². The Bertz CT molecular complexity index is 284. The summed E-state index contributed by atoms with van der Waals surface area (Å²) in [6.45, 7) is 0. The van der Waals surface area contributed by atoms with Crippen molar-refractivity contribution in [2.75, 3.05) is 0 Å². The number of nitrogens with zero attached hydrogens (tertiary/aromatic N) is 2. The van der Waals surface area contributed by atoms with E-state index in [1.807, 2.05) is 19.4 Å². The Morgan fingerprint density at radius 3 is 2.77 bits per heavy atom. The molecule has 1 saturated carbocycles. The fourth-order valence-electron chi connectivity index (χ4n) is 2.14. The summed E-state index contributed by atoms with van der Waals surface area (Å²) in [4.78, 5) is 4.31. The fourth-order valence-corrected chi connectivity index (χ4v) is 2.14. The Kier molecular flexibility index (Phi) is 2.12. The maximum atomic E-state index is 6.27. The smallest absolute Gasteiger partial charge is 0.110 e. The van der Waals surface area contributed by atoms with Crippen LogP contribution in [0, 0.1) is 0 Å². The Balaban J connectivity index is 2.09. The molecule has 1 aliphatic carbocycles. The molecule has 72 valence electrons. The van der Waals surface area contributed by atoms with Gasteiger partial charge in [-0.2, -0.15) is 0 Å². The lowest BCUT2D eigenvalue weighted by atomic mass is 9.94. The normalized spacial score (nSPS) is 20.8. The summed E-state index contributed by atoms with van der Waals surface area (Å²) in [5.74, 6) is 1.12.